The molecule has 2 aromatic carbocycles. The third kappa shape index (κ3) is 4.77. The molecule has 0 spiro atoms. The number of sulfonamides is 1. The number of fused-ring (bicyclic) bond motifs is 1. The summed E-state index contributed by atoms with van der Waals surface area (Å²) in [5.41, 5.74) is 1.53. The lowest BCUT2D eigenvalue weighted by Gasteiger charge is -2.23. The zero-order valence-electron chi connectivity index (χ0n) is 17.3. The fourth-order valence-electron chi connectivity index (χ4n) is 3.33. The Kier molecular flexibility index (Phi) is 6.74. The number of allylic oxidation sites excluding steroid dienone is 1. The van der Waals surface area contributed by atoms with Crippen molar-refractivity contribution in [1.29, 1.82) is 0 Å². The number of aryl methyl sites for hydroxylation is 1. The molecule has 1 heterocycles. The second-order valence-corrected chi connectivity index (χ2v) is 8.85. The highest BCUT2D eigenvalue weighted by molar-refractivity contribution is 7.92. The van der Waals surface area contributed by atoms with Gasteiger partial charge in [0.25, 0.3) is 10.0 Å². The zero-order chi connectivity index (χ0) is 22.6. The van der Waals surface area contributed by atoms with E-state index in [1.807, 2.05) is 6.92 Å². The first-order valence-electron chi connectivity index (χ1n) is 9.88. The number of halogens is 1. The second kappa shape index (κ2) is 9.30. The molecule has 0 fully saturated rings. The molecule has 0 unspecified atom stereocenters. The summed E-state index contributed by atoms with van der Waals surface area (Å²) >= 11 is 0. The number of aromatic nitrogens is 2. The van der Waals surface area contributed by atoms with Crippen molar-refractivity contribution in [3.8, 4) is 0 Å². The van der Waals surface area contributed by atoms with Gasteiger partial charge in [0, 0.05) is 6.42 Å². The Bertz CT molecular complexity index is 1220. The van der Waals surface area contributed by atoms with Gasteiger partial charge >= 0.3 is 5.97 Å². The number of rotatable bonds is 9. The van der Waals surface area contributed by atoms with Crippen molar-refractivity contribution in [3.05, 3.63) is 66.3 Å². The minimum atomic E-state index is -3.96. The molecule has 1 N–H and O–H groups in total. The summed E-state index contributed by atoms with van der Waals surface area (Å²) in [6.07, 6.45) is 4.85. The average molecular weight is 446 g/mol. The summed E-state index contributed by atoms with van der Waals surface area (Å²) in [6, 6.07) is 9.62. The lowest BCUT2D eigenvalue weighted by molar-refractivity contribution is -0.137. The average Bonchev–Trinajstić information content (AvgIpc) is 3.04. The van der Waals surface area contributed by atoms with Gasteiger partial charge in [0.2, 0.25) is 0 Å². The third-order valence-electron chi connectivity index (χ3n) is 4.77. The summed E-state index contributed by atoms with van der Waals surface area (Å²) in [5.74, 6) is -0.861. The maximum atomic E-state index is 13.3. The standard InChI is InChI=1S/C22H24FN3O4S/c1-3-5-13-26(31(29,30)18-10-7-16(23)8-11-18)17-9-12-20-19(14-17)24-21(6-4-2)25(20)15-22(27)28/h3,5,7-12,14H,4,6,13,15H2,1-2H3,(H,27,28)/b5-3+. The Morgan fingerprint density at radius 3 is 2.55 bits per heavy atom. The van der Waals surface area contributed by atoms with Crippen molar-refractivity contribution in [2.24, 2.45) is 0 Å². The highest BCUT2D eigenvalue weighted by Crippen LogP contribution is 2.28. The minimum Gasteiger partial charge on any atom is -0.480 e. The van der Waals surface area contributed by atoms with Crippen molar-refractivity contribution in [1.82, 2.24) is 9.55 Å². The fraction of sp³-hybridized carbons (Fsp3) is 0.273. The molecule has 0 atom stereocenters. The van der Waals surface area contributed by atoms with E-state index in [4.69, 9.17) is 0 Å². The first kappa shape index (κ1) is 22.5. The van der Waals surface area contributed by atoms with Crippen LogP contribution in [-0.4, -0.2) is 35.6 Å². The predicted molar refractivity (Wildman–Crippen MR) is 117 cm³/mol. The predicted octanol–water partition coefficient (Wildman–Crippen LogP) is 3.98. The van der Waals surface area contributed by atoms with Crippen LogP contribution >= 0.6 is 0 Å². The van der Waals surface area contributed by atoms with Crippen molar-refractivity contribution in [2.75, 3.05) is 10.8 Å². The first-order chi connectivity index (χ1) is 14.8. The molecule has 0 radical (unpaired) electrons. The number of carboxylic acids is 1. The molecule has 0 saturated carbocycles. The lowest BCUT2D eigenvalue weighted by atomic mass is 10.2. The van der Waals surface area contributed by atoms with Crippen LogP contribution in [0.1, 0.15) is 26.1 Å². The number of benzene rings is 2. The number of hydrogen-bond donors (Lipinski definition) is 1. The molecule has 0 amide bonds. The number of nitrogens with zero attached hydrogens (tertiary/aromatic N) is 3. The largest absolute Gasteiger partial charge is 0.480 e. The molecule has 0 aliphatic carbocycles. The molecule has 3 aromatic rings. The summed E-state index contributed by atoms with van der Waals surface area (Å²) < 4.78 is 42.7. The molecule has 31 heavy (non-hydrogen) atoms. The Balaban J connectivity index is 2.12. The molecule has 164 valence electrons. The van der Waals surface area contributed by atoms with E-state index in [1.165, 1.54) is 16.4 Å². The van der Waals surface area contributed by atoms with E-state index in [2.05, 4.69) is 4.98 Å². The van der Waals surface area contributed by atoms with Crippen LogP contribution in [0.4, 0.5) is 10.1 Å². The number of anilines is 1. The third-order valence-corrected chi connectivity index (χ3v) is 6.58. The minimum absolute atomic E-state index is 0.0263. The van der Waals surface area contributed by atoms with Gasteiger partial charge in [-0.3, -0.25) is 9.10 Å². The van der Waals surface area contributed by atoms with Gasteiger partial charge in [-0.05, 0) is 55.8 Å². The van der Waals surface area contributed by atoms with Crippen LogP contribution in [0.3, 0.4) is 0 Å². The van der Waals surface area contributed by atoms with Crippen molar-refractivity contribution >= 4 is 32.7 Å². The van der Waals surface area contributed by atoms with E-state index in [9.17, 15) is 22.7 Å². The van der Waals surface area contributed by atoms with Crippen molar-refractivity contribution in [3.63, 3.8) is 0 Å². The molecule has 0 aliphatic rings. The molecule has 7 nitrogen and oxygen atoms in total. The van der Waals surface area contributed by atoms with Gasteiger partial charge in [-0.25, -0.2) is 17.8 Å². The van der Waals surface area contributed by atoms with E-state index in [-0.39, 0.29) is 18.0 Å². The second-order valence-electron chi connectivity index (χ2n) is 6.99. The Morgan fingerprint density at radius 2 is 1.94 bits per heavy atom. The van der Waals surface area contributed by atoms with Gasteiger partial charge in [0.15, 0.2) is 0 Å². The van der Waals surface area contributed by atoms with Crippen LogP contribution in [0.25, 0.3) is 11.0 Å². The topological polar surface area (TPSA) is 92.5 Å². The normalized spacial score (nSPS) is 12.0. The van der Waals surface area contributed by atoms with Crippen molar-refractivity contribution in [2.45, 2.75) is 38.1 Å². The molecule has 1 aromatic heterocycles. The molecule has 0 saturated heterocycles. The van der Waals surface area contributed by atoms with Crippen LogP contribution in [0, 0.1) is 5.82 Å². The van der Waals surface area contributed by atoms with Gasteiger partial charge in [-0.15, -0.1) is 0 Å². The maximum Gasteiger partial charge on any atom is 0.323 e. The van der Waals surface area contributed by atoms with Gasteiger partial charge < -0.3 is 9.67 Å². The van der Waals surface area contributed by atoms with E-state index >= 15 is 0 Å². The highest BCUT2D eigenvalue weighted by atomic mass is 32.2. The maximum absolute atomic E-state index is 13.3. The van der Waals surface area contributed by atoms with Gasteiger partial charge in [0.1, 0.15) is 18.2 Å². The first-order valence-corrected chi connectivity index (χ1v) is 11.3. The van der Waals surface area contributed by atoms with E-state index < -0.39 is 21.8 Å². The summed E-state index contributed by atoms with van der Waals surface area (Å²) in [4.78, 5) is 15.8. The fourth-order valence-corrected chi connectivity index (χ4v) is 4.73. The van der Waals surface area contributed by atoms with Crippen LogP contribution in [0.15, 0.2) is 59.5 Å². The van der Waals surface area contributed by atoms with E-state index in [0.29, 0.717) is 29.0 Å². The van der Waals surface area contributed by atoms with Crippen LogP contribution in [0.5, 0.6) is 0 Å². The molecule has 3 rings (SSSR count). The van der Waals surface area contributed by atoms with Gasteiger partial charge in [-0.1, -0.05) is 19.1 Å². The summed E-state index contributed by atoms with van der Waals surface area (Å²) in [7, 11) is -3.96. The van der Waals surface area contributed by atoms with Gasteiger partial charge in [-0.2, -0.15) is 0 Å². The number of hydrogen-bond acceptors (Lipinski definition) is 4. The lowest BCUT2D eigenvalue weighted by Crippen LogP contribution is -2.31. The Morgan fingerprint density at radius 1 is 1.23 bits per heavy atom. The quantitative estimate of drug-likeness (QED) is 0.503. The van der Waals surface area contributed by atoms with E-state index in [1.54, 1.807) is 41.8 Å². The summed E-state index contributed by atoms with van der Waals surface area (Å²) in [5, 5.41) is 9.26. The number of aliphatic carboxylic acids is 1. The molecular weight excluding hydrogens is 421 g/mol. The number of carboxylic acid groups (broad SMARTS) is 1. The Labute approximate surface area is 180 Å². The molecular formula is C22H24FN3O4S. The number of imidazole rings is 1. The van der Waals surface area contributed by atoms with Gasteiger partial charge in [0.05, 0.1) is 28.2 Å². The smallest absolute Gasteiger partial charge is 0.323 e. The molecule has 0 bridgehead atoms. The van der Waals surface area contributed by atoms with Crippen LogP contribution in [0.2, 0.25) is 0 Å². The van der Waals surface area contributed by atoms with Crippen LogP contribution in [-0.2, 0) is 27.8 Å². The number of carbonyl (C=O) groups is 1. The summed E-state index contributed by atoms with van der Waals surface area (Å²) in [6.45, 7) is 3.63. The van der Waals surface area contributed by atoms with Crippen molar-refractivity contribution < 1.29 is 22.7 Å². The van der Waals surface area contributed by atoms with E-state index in [0.717, 1.165) is 18.6 Å². The SMILES string of the molecule is C/C=C/CN(c1ccc2c(c1)nc(CCC)n2CC(=O)O)S(=O)(=O)c1ccc(F)cc1. The molecule has 0 aliphatic heterocycles. The molecule has 9 heteroatoms. The Hall–Kier alpha value is -3.20. The zero-order valence-corrected chi connectivity index (χ0v) is 18.1. The van der Waals surface area contributed by atoms with Crippen LogP contribution < -0.4 is 4.31 Å². The highest BCUT2D eigenvalue weighted by Gasteiger charge is 2.25. The monoisotopic (exact) mass is 445 g/mol.